The Kier molecular flexibility index (Phi) is 3.42. The van der Waals surface area contributed by atoms with Gasteiger partial charge in [0.15, 0.2) is 0 Å². The fourth-order valence-electron chi connectivity index (χ4n) is 2.11. The van der Waals surface area contributed by atoms with Gasteiger partial charge in [0.05, 0.1) is 11.0 Å². The van der Waals surface area contributed by atoms with E-state index in [1.165, 1.54) is 12.1 Å². The van der Waals surface area contributed by atoms with Crippen LogP contribution in [0.3, 0.4) is 0 Å². The zero-order chi connectivity index (χ0) is 15.7. The van der Waals surface area contributed by atoms with Crippen LogP contribution in [0.5, 0.6) is 0 Å². The lowest BCUT2D eigenvalue weighted by Gasteiger charge is -2.09. The highest BCUT2D eigenvalue weighted by atomic mass is 32.2. The number of hydrogen-bond donors (Lipinski definition) is 1. The van der Waals surface area contributed by atoms with Crippen molar-refractivity contribution in [3.05, 3.63) is 66.3 Å². The zero-order valence-corrected chi connectivity index (χ0v) is 12.2. The molecule has 1 aromatic heterocycles. The summed E-state index contributed by atoms with van der Waals surface area (Å²) in [4.78, 5) is 4.28. The summed E-state index contributed by atoms with van der Waals surface area (Å²) in [7, 11) is -3.70. The van der Waals surface area contributed by atoms with Crippen LogP contribution in [0.25, 0.3) is 16.7 Å². The first-order chi connectivity index (χ1) is 10.5. The van der Waals surface area contributed by atoms with Gasteiger partial charge in [0.1, 0.15) is 5.82 Å². The SMILES string of the molecule is C=CS(=O)(=O)Nc1nc2ccccc2n1-c1ccc(F)cc1. The van der Waals surface area contributed by atoms with Crippen molar-refractivity contribution in [2.45, 2.75) is 0 Å². The smallest absolute Gasteiger partial charge is 0.256 e. The zero-order valence-electron chi connectivity index (χ0n) is 11.4. The molecule has 0 spiro atoms. The largest absolute Gasteiger partial charge is 0.278 e. The second kappa shape index (κ2) is 5.27. The number of halogens is 1. The van der Waals surface area contributed by atoms with E-state index in [-0.39, 0.29) is 11.8 Å². The number of para-hydroxylation sites is 2. The second-order valence-electron chi connectivity index (χ2n) is 4.55. The third kappa shape index (κ3) is 2.58. The maximum atomic E-state index is 13.1. The van der Waals surface area contributed by atoms with Crippen LogP contribution in [0.15, 0.2) is 60.5 Å². The van der Waals surface area contributed by atoms with Gasteiger partial charge in [-0.25, -0.2) is 22.5 Å². The molecule has 1 N–H and O–H groups in total. The number of rotatable bonds is 4. The van der Waals surface area contributed by atoms with Gasteiger partial charge in [-0.15, -0.1) is 0 Å². The third-order valence-corrected chi connectivity index (χ3v) is 4.00. The van der Waals surface area contributed by atoms with E-state index in [1.807, 2.05) is 6.07 Å². The molecule has 112 valence electrons. The summed E-state index contributed by atoms with van der Waals surface area (Å²) in [5.74, 6) is -0.255. The van der Waals surface area contributed by atoms with E-state index in [0.717, 1.165) is 5.41 Å². The topological polar surface area (TPSA) is 64.0 Å². The van der Waals surface area contributed by atoms with Gasteiger partial charge in [-0.05, 0) is 36.4 Å². The molecule has 0 aliphatic heterocycles. The fourth-order valence-corrected chi connectivity index (χ4v) is 2.59. The van der Waals surface area contributed by atoms with E-state index < -0.39 is 10.0 Å². The molecule has 0 radical (unpaired) electrons. The molecular formula is C15H12FN3O2S. The van der Waals surface area contributed by atoms with Gasteiger partial charge in [-0.2, -0.15) is 0 Å². The molecule has 0 saturated carbocycles. The molecule has 7 heteroatoms. The van der Waals surface area contributed by atoms with Crippen LogP contribution in [-0.2, 0) is 10.0 Å². The summed E-state index contributed by atoms with van der Waals surface area (Å²) in [6, 6.07) is 12.9. The van der Waals surface area contributed by atoms with Crippen LogP contribution in [0, 0.1) is 5.82 Å². The van der Waals surface area contributed by atoms with Crippen molar-refractivity contribution in [1.29, 1.82) is 0 Å². The molecule has 0 amide bonds. The maximum absolute atomic E-state index is 13.1. The molecule has 2 aromatic carbocycles. The first-order valence-electron chi connectivity index (χ1n) is 6.39. The molecule has 0 fully saturated rings. The van der Waals surface area contributed by atoms with Crippen molar-refractivity contribution in [1.82, 2.24) is 9.55 Å². The highest BCUT2D eigenvalue weighted by Crippen LogP contribution is 2.25. The molecule has 3 aromatic rings. The van der Waals surface area contributed by atoms with E-state index in [1.54, 1.807) is 34.9 Å². The lowest BCUT2D eigenvalue weighted by molar-refractivity contribution is 0.609. The summed E-state index contributed by atoms with van der Waals surface area (Å²) < 4.78 is 40.6. The highest BCUT2D eigenvalue weighted by Gasteiger charge is 2.16. The van der Waals surface area contributed by atoms with Crippen LogP contribution in [0.4, 0.5) is 10.3 Å². The lowest BCUT2D eigenvalue weighted by atomic mass is 10.3. The molecule has 1 heterocycles. The summed E-state index contributed by atoms with van der Waals surface area (Å²) >= 11 is 0. The normalized spacial score (nSPS) is 11.5. The Bertz CT molecular complexity index is 947. The number of hydrogen-bond acceptors (Lipinski definition) is 3. The standard InChI is InChI=1S/C15H12FN3O2S/c1-2-22(20,21)18-15-17-13-5-3-4-6-14(13)19(15)12-9-7-11(16)8-10-12/h2-10H,1H2,(H,17,18). The average Bonchev–Trinajstić information content (AvgIpc) is 2.85. The van der Waals surface area contributed by atoms with Crippen LogP contribution in [-0.4, -0.2) is 18.0 Å². The van der Waals surface area contributed by atoms with Crippen LogP contribution < -0.4 is 4.72 Å². The molecule has 0 unspecified atom stereocenters. The van der Waals surface area contributed by atoms with E-state index in [4.69, 9.17) is 0 Å². The van der Waals surface area contributed by atoms with Crippen LogP contribution in [0.2, 0.25) is 0 Å². The molecule has 0 saturated heterocycles. The summed E-state index contributed by atoms with van der Waals surface area (Å²) in [5.41, 5.74) is 1.92. The van der Waals surface area contributed by atoms with E-state index in [0.29, 0.717) is 16.7 Å². The number of sulfonamides is 1. The minimum atomic E-state index is -3.70. The maximum Gasteiger partial charge on any atom is 0.256 e. The number of anilines is 1. The Hall–Kier alpha value is -2.67. The Labute approximate surface area is 126 Å². The predicted molar refractivity (Wildman–Crippen MR) is 83.8 cm³/mol. The Morgan fingerprint density at radius 2 is 1.82 bits per heavy atom. The van der Waals surface area contributed by atoms with Crippen molar-refractivity contribution in [3.8, 4) is 5.69 Å². The predicted octanol–water partition coefficient (Wildman–Crippen LogP) is 3.05. The monoisotopic (exact) mass is 317 g/mol. The Balaban J connectivity index is 2.25. The van der Waals surface area contributed by atoms with E-state index >= 15 is 0 Å². The van der Waals surface area contributed by atoms with Crippen molar-refractivity contribution < 1.29 is 12.8 Å². The van der Waals surface area contributed by atoms with Gasteiger partial charge in [0, 0.05) is 11.1 Å². The summed E-state index contributed by atoms with van der Waals surface area (Å²) in [6.07, 6.45) is 0. The molecule has 0 aliphatic carbocycles. The number of aromatic nitrogens is 2. The van der Waals surface area contributed by atoms with Crippen molar-refractivity contribution in [2.24, 2.45) is 0 Å². The van der Waals surface area contributed by atoms with Crippen LogP contribution in [0.1, 0.15) is 0 Å². The highest BCUT2D eigenvalue weighted by molar-refractivity contribution is 7.95. The molecule has 0 atom stereocenters. The fraction of sp³-hybridized carbons (Fsp3) is 0. The van der Waals surface area contributed by atoms with Gasteiger partial charge in [-0.1, -0.05) is 18.7 Å². The molecule has 3 rings (SSSR count). The number of nitrogens with one attached hydrogen (secondary N) is 1. The van der Waals surface area contributed by atoms with Gasteiger partial charge in [0.25, 0.3) is 10.0 Å². The first-order valence-corrected chi connectivity index (χ1v) is 7.93. The average molecular weight is 317 g/mol. The van der Waals surface area contributed by atoms with Crippen molar-refractivity contribution in [3.63, 3.8) is 0 Å². The number of nitrogens with zero attached hydrogens (tertiary/aromatic N) is 2. The molecular weight excluding hydrogens is 305 g/mol. The molecule has 0 aliphatic rings. The van der Waals surface area contributed by atoms with Gasteiger partial charge in [0.2, 0.25) is 5.95 Å². The molecule has 5 nitrogen and oxygen atoms in total. The number of benzene rings is 2. The minimum Gasteiger partial charge on any atom is -0.278 e. The minimum absolute atomic E-state index is 0.118. The third-order valence-electron chi connectivity index (χ3n) is 3.10. The molecule has 0 bridgehead atoms. The van der Waals surface area contributed by atoms with E-state index in [9.17, 15) is 12.8 Å². The van der Waals surface area contributed by atoms with E-state index in [2.05, 4.69) is 16.3 Å². The quantitative estimate of drug-likeness (QED) is 0.804. The lowest BCUT2D eigenvalue weighted by Crippen LogP contribution is -2.13. The summed E-state index contributed by atoms with van der Waals surface area (Å²) in [6.45, 7) is 3.26. The number of imidazole rings is 1. The van der Waals surface area contributed by atoms with Crippen molar-refractivity contribution >= 4 is 27.0 Å². The Morgan fingerprint density at radius 1 is 1.14 bits per heavy atom. The first kappa shape index (κ1) is 14.3. The number of fused-ring (bicyclic) bond motifs is 1. The second-order valence-corrected chi connectivity index (χ2v) is 6.18. The van der Waals surface area contributed by atoms with Gasteiger partial charge in [-0.3, -0.25) is 4.57 Å². The van der Waals surface area contributed by atoms with Gasteiger partial charge < -0.3 is 0 Å². The summed E-state index contributed by atoms with van der Waals surface area (Å²) in [5, 5.41) is 0.807. The van der Waals surface area contributed by atoms with Crippen LogP contribution >= 0.6 is 0 Å². The van der Waals surface area contributed by atoms with Crippen molar-refractivity contribution in [2.75, 3.05) is 4.72 Å². The van der Waals surface area contributed by atoms with Gasteiger partial charge >= 0.3 is 0 Å². The Morgan fingerprint density at radius 3 is 2.50 bits per heavy atom. The molecule has 22 heavy (non-hydrogen) atoms.